The summed E-state index contributed by atoms with van der Waals surface area (Å²) in [6.07, 6.45) is 8.35. The predicted molar refractivity (Wildman–Crippen MR) is 154 cm³/mol. The van der Waals surface area contributed by atoms with Crippen LogP contribution in [0.2, 0.25) is 0 Å². The fourth-order valence-electron chi connectivity index (χ4n) is 3.64. The lowest BCUT2D eigenvalue weighted by molar-refractivity contribution is 0.0450. The highest BCUT2D eigenvalue weighted by molar-refractivity contribution is 6.03. The molecule has 0 amide bonds. The number of hydrogen-bond donors (Lipinski definition) is 0. The molecule has 0 atom stereocenters. The van der Waals surface area contributed by atoms with Crippen LogP contribution in [-0.4, -0.2) is 50.3 Å². The number of hydrogen-bond acceptors (Lipinski definition) is 8. The molecule has 2 aromatic rings. The van der Waals surface area contributed by atoms with Crippen LogP contribution in [0.15, 0.2) is 48.5 Å². The normalized spacial score (nSPS) is 10.1. The molecule has 0 heterocycles. The standard InChI is InChI=1S/C20H30O4.C12H14O4/c1-3-5-7-11-15-23-19(21)17-13-9-10-14-18(17)20(22)24-16-12-8-6-4-2;1-3-15-11(13)9-7-5-6-8-10(9)12(14)16-4-2/h9-10,13-14H,3-8,11-12,15-16H2,1-2H3;5-8H,3-4H2,1-2H3. The molecule has 0 saturated carbocycles. The third-order valence-corrected chi connectivity index (χ3v) is 5.75. The lowest BCUT2D eigenvalue weighted by Crippen LogP contribution is -2.15. The van der Waals surface area contributed by atoms with Gasteiger partial charge in [0, 0.05) is 0 Å². The van der Waals surface area contributed by atoms with Gasteiger partial charge in [-0.15, -0.1) is 0 Å². The van der Waals surface area contributed by atoms with Crippen molar-refractivity contribution in [2.24, 2.45) is 0 Å². The van der Waals surface area contributed by atoms with E-state index in [1.165, 1.54) is 0 Å². The molecule has 2 rings (SSSR count). The van der Waals surface area contributed by atoms with E-state index in [0.29, 0.717) is 13.2 Å². The molecule has 0 aliphatic rings. The maximum absolute atomic E-state index is 12.2. The van der Waals surface area contributed by atoms with Gasteiger partial charge in [-0.2, -0.15) is 0 Å². The van der Waals surface area contributed by atoms with Gasteiger partial charge < -0.3 is 18.9 Å². The second-order valence-electron chi connectivity index (χ2n) is 8.93. The van der Waals surface area contributed by atoms with Gasteiger partial charge >= 0.3 is 23.9 Å². The molecule has 0 saturated heterocycles. The Kier molecular flexibility index (Phi) is 18.2. The van der Waals surface area contributed by atoms with Crippen LogP contribution < -0.4 is 0 Å². The minimum absolute atomic E-state index is 0.239. The first kappa shape index (κ1) is 34.3. The summed E-state index contributed by atoms with van der Waals surface area (Å²) in [6.45, 7) is 9.02. The van der Waals surface area contributed by atoms with Crippen LogP contribution >= 0.6 is 0 Å². The molecule has 2 aromatic carbocycles. The third kappa shape index (κ3) is 12.9. The first-order valence-electron chi connectivity index (χ1n) is 14.3. The van der Waals surface area contributed by atoms with E-state index in [1.807, 2.05) is 0 Å². The molecule has 0 aliphatic heterocycles. The topological polar surface area (TPSA) is 105 Å². The van der Waals surface area contributed by atoms with Crippen molar-refractivity contribution in [1.29, 1.82) is 0 Å². The van der Waals surface area contributed by atoms with Crippen LogP contribution in [0.25, 0.3) is 0 Å². The van der Waals surface area contributed by atoms with Gasteiger partial charge in [0.15, 0.2) is 0 Å². The monoisotopic (exact) mass is 556 g/mol. The van der Waals surface area contributed by atoms with Gasteiger partial charge in [-0.05, 0) is 51.0 Å². The number of carbonyl (C=O) groups is 4. The Morgan fingerprint density at radius 1 is 0.450 bits per heavy atom. The largest absolute Gasteiger partial charge is 0.462 e. The first-order chi connectivity index (χ1) is 19.4. The number of carbonyl (C=O) groups excluding carboxylic acids is 4. The number of benzene rings is 2. The van der Waals surface area contributed by atoms with Crippen LogP contribution in [0.1, 0.15) is 120 Å². The van der Waals surface area contributed by atoms with Crippen molar-refractivity contribution in [3.8, 4) is 0 Å². The van der Waals surface area contributed by atoms with Crippen LogP contribution in [0, 0.1) is 0 Å². The SMILES string of the molecule is CCCCCCOC(=O)c1ccccc1C(=O)OCCCCCC.CCOC(=O)c1ccccc1C(=O)OCC. The van der Waals surface area contributed by atoms with Crippen molar-refractivity contribution in [2.75, 3.05) is 26.4 Å². The summed E-state index contributed by atoms with van der Waals surface area (Å²) in [5.41, 5.74) is 1.05. The summed E-state index contributed by atoms with van der Waals surface area (Å²) in [6, 6.07) is 13.1. The molecule has 8 heteroatoms. The third-order valence-electron chi connectivity index (χ3n) is 5.75. The fraction of sp³-hybridized carbons (Fsp3) is 0.500. The Bertz CT molecular complexity index is 965. The van der Waals surface area contributed by atoms with Gasteiger partial charge in [-0.1, -0.05) is 76.6 Å². The van der Waals surface area contributed by atoms with Crippen LogP contribution in [-0.2, 0) is 18.9 Å². The number of ether oxygens (including phenoxy) is 4. The van der Waals surface area contributed by atoms with E-state index >= 15 is 0 Å². The lowest BCUT2D eigenvalue weighted by atomic mass is 10.1. The molecule has 0 spiro atoms. The summed E-state index contributed by atoms with van der Waals surface area (Å²) >= 11 is 0. The van der Waals surface area contributed by atoms with Gasteiger partial charge in [0.25, 0.3) is 0 Å². The quantitative estimate of drug-likeness (QED) is 0.121. The van der Waals surface area contributed by atoms with E-state index in [9.17, 15) is 19.2 Å². The number of unbranched alkanes of at least 4 members (excludes halogenated alkanes) is 6. The maximum Gasteiger partial charge on any atom is 0.339 e. The zero-order chi connectivity index (χ0) is 29.6. The zero-order valence-electron chi connectivity index (χ0n) is 24.4. The Morgan fingerprint density at radius 3 is 1.02 bits per heavy atom. The van der Waals surface area contributed by atoms with Crippen molar-refractivity contribution in [3.05, 3.63) is 70.8 Å². The summed E-state index contributed by atoms with van der Waals surface area (Å²) in [5.74, 6) is -1.92. The molecule has 0 N–H and O–H groups in total. The number of rotatable bonds is 16. The van der Waals surface area contributed by atoms with Crippen LogP contribution in [0.5, 0.6) is 0 Å². The van der Waals surface area contributed by atoms with E-state index in [1.54, 1.807) is 62.4 Å². The Balaban J connectivity index is 0.000000433. The second kappa shape index (κ2) is 21.2. The number of esters is 4. The molecule has 8 nitrogen and oxygen atoms in total. The summed E-state index contributed by atoms with van der Waals surface area (Å²) in [7, 11) is 0. The molecule has 0 bridgehead atoms. The van der Waals surface area contributed by atoms with Gasteiger partial charge in [0.05, 0.1) is 48.7 Å². The minimum Gasteiger partial charge on any atom is -0.462 e. The zero-order valence-corrected chi connectivity index (χ0v) is 24.4. The summed E-state index contributed by atoms with van der Waals surface area (Å²) < 4.78 is 20.3. The molecule has 0 unspecified atom stereocenters. The van der Waals surface area contributed by atoms with Gasteiger partial charge in [-0.3, -0.25) is 0 Å². The highest BCUT2D eigenvalue weighted by Gasteiger charge is 2.19. The Morgan fingerprint density at radius 2 is 0.750 bits per heavy atom. The molecule has 0 fully saturated rings. The van der Waals surface area contributed by atoms with E-state index in [4.69, 9.17) is 18.9 Å². The van der Waals surface area contributed by atoms with Gasteiger partial charge in [-0.25, -0.2) is 19.2 Å². The highest BCUT2D eigenvalue weighted by Crippen LogP contribution is 2.14. The van der Waals surface area contributed by atoms with Gasteiger partial charge in [0.1, 0.15) is 0 Å². The highest BCUT2D eigenvalue weighted by atomic mass is 16.5. The Labute approximate surface area is 238 Å². The van der Waals surface area contributed by atoms with Gasteiger partial charge in [0.2, 0.25) is 0 Å². The summed E-state index contributed by atoms with van der Waals surface area (Å²) in [5, 5.41) is 0. The van der Waals surface area contributed by atoms with Crippen LogP contribution in [0.3, 0.4) is 0 Å². The molecule has 0 aromatic heterocycles. The lowest BCUT2D eigenvalue weighted by Gasteiger charge is -2.10. The molecule has 40 heavy (non-hydrogen) atoms. The molecule has 0 aliphatic carbocycles. The van der Waals surface area contributed by atoms with E-state index in [2.05, 4.69) is 13.8 Å². The fourth-order valence-corrected chi connectivity index (χ4v) is 3.64. The van der Waals surface area contributed by atoms with Crippen molar-refractivity contribution in [3.63, 3.8) is 0 Å². The average Bonchev–Trinajstić information content (AvgIpc) is 2.97. The van der Waals surface area contributed by atoms with Crippen molar-refractivity contribution < 1.29 is 38.1 Å². The van der Waals surface area contributed by atoms with E-state index < -0.39 is 23.9 Å². The van der Waals surface area contributed by atoms with E-state index in [-0.39, 0.29) is 35.5 Å². The Hall–Kier alpha value is -3.68. The molecular formula is C32H44O8. The van der Waals surface area contributed by atoms with Crippen LogP contribution in [0.4, 0.5) is 0 Å². The minimum atomic E-state index is -0.508. The predicted octanol–water partition coefficient (Wildman–Crippen LogP) is 7.20. The average molecular weight is 557 g/mol. The van der Waals surface area contributed by atoms with Crippen molar-refractivity contribution in [1.82, 2.24) is 0 Å². The molecular weight excluding hydrogens is 512 g/mol. The smallest absolute Gasteiger partial charge is 0.339 e. The first-order valence-corrected chi connectivity index (χ1v) is 14.3. The summed E-state index contributed by atoms with van der Waals surface area (Å²) in [4.78, 5) is 47.5. The maximum atomic E-state index is 12.2. The van der Waals surface area contributed by atoms with Crippen molar-refractivity contribution in [2.45, 2.75) is 79.1 Å². The second-order valence-corrected chi connectivity index (χ2v) is 8.93. The van der Waals surface area contributed by atoms with E-state index in [0.717, 1.165) is 51.4 Å². The molecule has 220 valence electrons. The molecule has 0 radical (unpaired) electrons. The van der Waals surface area contributed by atoms with Crippen molar-refractivity contribution >= 4 is 23.9 Å².